The summed E-state index contributed by atoms with van der Waals surface area (Å²) >= 11 is 6.16. The molecule has 1 aliphatic carbocycles. The van der Waals surface area contributed by atoms with E-state index in [1.54, 1.807) is 7.11 Å². The van der Waals surface area contributed by atoms with Crippen LogP contribution in [0, 0.1) is 5.92 Å². The van der Waals surface area contributed by atoms with Gasteiger partial charge in [0.05, 0.1) is 12.1 Å². The Balaban J connectivity index is 2.14. The molecule has 0 radical (unpaired) electrons. The lowest BCUT2D eigenvalue weighted by atomic mass is 9.75. The quantitative estimate of drug-likeness (QED) is 0.844. The molecule has 1 aromatic rings. The SMILES string of the molecule is COc1cc(C2CCCCC2CNC(C)(C)C)ccc1Cl. The van der Waals surface area contributed by atoms with Gasteiger partial charge in [-0.25, -0.2) is 0 Å². The van der Waals surface area contributed by atoms with Crippen molar-refractivity contribution in [2.45, 2.75) is 57.9 Å². The summed E-state index contributed by atoms with van der Waals surface area (Å²) < 4.78 is 5.38. The van der Waals surface area contributed by atoms with E-state index in [0.717, 1.165) is 12.3 Å². The van der Waals surface area contributed by atoms with Crippen LogP contribution in [0.1, 0.15) is 57.9 Å². The van der Waals surface area contributed by atoms with Crippen molar-refractivity contribution in [3.05, 3.63) is 28.8 Å². The molecule has 0 saturated heterocycles. The summed E-state index contributed by atoms with van der Waals surface area (Å²) in [7, 11) is 1.69. The Morgan fingerprint density at radius 2 is 1.95 bits per heavy atom. The minimum absolute atomic E-state index is 0.180. The molecule has 0 heterocycles. The predicted octanol–water partition coefficient (Wildman–Crippen LogP) is 5.01. The second kappa shape index (κ2) is 7.02. The molecule has 2 nitrogen and oxygen atoms in total. The first-order chi connectivity index (χ1) is 9.90. The molecule has 3 heteroatoms. The van der Waals surface area contributed by atoms with Crippen LogP contribution in [0.5, 0.6) is 5.75 Å². The predicted molar refractivity (Wildman–Crippen MR) is 90.5 cm³/mol. The van der Waals surface area contributed by atoms with Crippen molar-refractivity contribution >= 4 is 11.6 Å². The van der Waals surface area contributed by atoms with Gasteiger partial charge < -0.3 is 10.1 Å². The van der Waals surface area contributed by atoms with Gasteiger partial charge >= 0.3 is 0 Å². The molecule has 1 N–H and O–H groups in total. The molecular weight excluding hydrogens is 282 g/mol. The first-order valence-corrected chi connectivity index (χ1v) is 8.37. The van der Waals surface area contributed by atoms with Crippen LogP contribution in [0.4, 0.5) is 0 Å². The van der Waals surface area contributed by atoms with E-state index in [0.29, 0.717) is 16.9 Å². The molecule has 1 saturated carbocycles. The maximum absolute atomic E-state index is 6.16. The summed E-state index contributed by atoms with van der Waals surface area (Å²) in [6.45, 7) is 7.78. The molecule has 2 rings (SSSR count). The summed E-state index contributed by atoms with van der Waals surface area (Å²) in [5.41, 5.74) is 1.55. The molecule has 1 fully saturated rings. The van der Waals surface area contributed by atoms with Gasteiger partial charge in [-0.2, -0.15) is 0 Å². The Hall–Kier alpha value is -0.730. The molecule has 0 aromatic heterocycles. The molecule has 0 bridgehead atoms. The lowest BCUT2D eigenvalue weighted by Gasteiger charge is -2.34. The lowest BCUT2D eigenvalue weighted by Crippen LogP contribution is -2.41. The van der Waals surface area contributed by atoms with Crippen molar-refractivity contribution in [3.8, 4) is 5.75 Å². The van der Waals surface area contributed by atoms with Crippen molar-refractivity contribution in [2.75, 3.05) is 13.7 Å². The number of ether oxygens (including phenoxy) is 1. The molecule has 2 unspecified atom stereocenters. The monoisotopic (exact) mass is 309 g/mol. The Labute approximate surface area is 134 Å². The van der Waals surface area contributed by atoms with E-state index < -0.39 is 0 Å². The van der Waals surface area contributed by atoms with E-state index in [-0.39, 0.29) is 5.54 Å². The fourth-order valence-electron chi connectivity index (χ4n) is 3.24. The lowest BCUT2D eigenvalue weighted by molar-refractivity contribution is 0.269. The van der Waals surface area contributed by atoms with Crippen LogP contribution in [0.25, 0.3) is 0 Å². The molecule has 0 spiro atoms. The van der Waals surface area contributed by atoms with E-state index in [4.69, 9.17) is 16.3 Å². The number of methoxy groups -OCH3 is 1. The second-order valence-electron chi connectivity index (χ2n) is 7.18. The van der Waals surface area contributed by atoms with Gasteiger partial charge in [-0.15, -0.1) is 0 Å². The van der Waals surface area contributed by atoms with Gasteiger partial charge in [-0.1, -0.05) is 30.5 Å². The van der Waals surface area contributed by atoms with Crippen LogP contribution in [-0.4, -0.2) is 19.2 Å². The number of hydrogen-bond acceptors (Lipinski definition) is 2. The third kappa shape index (κ3) is 4.62. The van der Waals surface area contributed by atoms with Gasteiger partial charge in [0.15, 0.2) is 0 Å². The molecule has 118 valence electrons. The van der Waals surface area contributed by atoms with Crippen LogP contribution < -0.4 is 10.1 Å². The number of benzene rings is 1. The van der Waals surface area contributed by atoms with Gasteiger partial charge in [-0.3, -0.25) is 0 Å². The van der Waals surface area contributed by atoms with E-state index in [9.17, 15) is 0 Å². The van der Waals surface area contributed by atoms with Crippen molar-refractivity contribution < 1.29 is 4.74 Å². The molecule has 1 aliphatic rings. The minimum atomic E-state index is 0.180. The van der Waals surface area contributed by atoms with E-state index >= 15 is 0 Å². The third-order valence-corrected chi connectivity index (χ3v) is 4.72. The number of rotatable bonds is 4. The number of hydrogen-bond donors (Lipinski definition) is 1. The maximum Gasteiger partial charge on any atom is 0.137 e. The Bertz CT molecular complexity index is 467. The zero-order chi connectivity index (χ0) is 15.5. The molecule has 0 amide bonds. The summed E-state index contributed by atoms with van der Waals surface area (Å²) in [6.07, 6.45) is 5.24. The third-order valence-electron chi connectivity index (χ3n) is 4.41. The normalized spacial score (nSPS) is 23.1. The average molecular weight is 310 g/mol. The Kier molecular flexibility index (Phi) is 5.56. The topological polar surface area (TPSA) is 21.3 Å². The van der Waals surface area contributed by atoms with Crippen molar-refractivity contribution in [2.24, 2.45) is 5.92 Å². The average Bonchev–Trinajstić information content (AvgIpc) is 2.45. The highest BCUT2D eigenvalue weighted by Crippen LogP contribution is 2.40. The van der Waals surface area contributed by atoms with Gasteiger partial charge in [0.1, 0.15) is 5.75 Å². The van der Waals surface area contributed by atoms with Gasteiger partial charge in [0.2, 0.25) is 0 Å². The highest BCUT2D eigenvalue weighted by molar-refractivity contribution is 6.32. The second-order valence-corrected chi connectivity index (χ2v) is 7.58. The van der Waals surface area contributed by atoms with Crippen molar-refractivity contribution in [3.63, 3.8) is 0 Å². The fraction of sp³-hybridized carbons (Fsp3) is 0.667. The maximum atomic E-state index is 6.16. The van der Waals surface area contributed by atoms with Gasteiger partial charge in [0.25, 0.3) is 0 Å². The van der Waals surface area contributed by atoms with E-state index in [1.165, 1.54) is 31.2 Å². The Morgan fingerprint density at radius 1 is 1.24 bits per heavy atom. The summed E-state index contributed by atoms with van der Waals surface area (Å²) in [4.78, 5) is 0. The number of halogens is 1. The molecular formula is C18H28ClNO. The van der Waals surface area contributed by atoms with Crippen molar-refractivity contribution in [1.82, 2.24) is 5.32 Å². The smallest absolute Gasteiger partial charge is 0.137 e. The van der Waals surface area contributed by atoms with Gasteiger partial charge in [0, 0.05) is 5.54 Å². The van der Waals surface area contributed by atoms with Crippen LogP contribution >= 0.6 is 11.6 Å². The van der Waals surface area contributed by atoms with Crippen LogP contribution in [0.15, 0.2) is 18.2 Å². The molecule has 0 aliphatic heterocycles. The fourth-order valence-corrected chi connectivity index (χ4v) is 3.43. The highest BCUT2D eigenvalue weighted by Gasteiger charge is 2.27. The van der Waals surface area contributed by atoms with E-state index in [1.807, 2.05) is 6.07 Å². The zero-order valence-corrected chi connectivity index (χ0v) is 14.5. The standard InChI is InChI=1S/C18H28ClNO/c1-18(2,3)20-12-14-7-5-6-8-15(14)13-9-10-16(19)17(11-13)21-4/h9-11,14-15,20H,5-8,12H2,1-4H3. The van der Waals surface area contributed by atoms with Crippen LogP contribution in [-0.2, 0) is 0 Å². The van der Waals surface area contributed by atoms with Crippen LogP contribution in [0.3, 0.4) is 0 Å². The largest absolute Gasteiger partial charge is 0.495 e. The zero-order valence-electron chi connectivity index (χ0n) is 13.7. The minimum Gasteiger partial charge on any atom is -0.495 e. The molecule has 2 atom stereocenters. The van der Waals surface area contributed by atoms with Gasteiger partial charge in [-0.05, 0) is 69.7 Å². The van der Waals surface area contributed by atoms with Crippen LogP contribution in [0.2, 0.25) is 5.02 Å². The molecule has 21 heavy (non-hydrogen) atoms. The summed E-state index contributed by atoms with van der Waals surface area (Å²) in [6, 6.07) is 6.27. The first kappa shape index (κ1) is 16.6. The van der Waals surface area contributed by atoms with Crippen molar-refractivity contribution in [1.29, 1.82) is 0 Å². The number of nitrogens with one attached hydrogen (secondary N) is 1. The van der Waals surface area contributed by atoms with E-state index in [2.05, 4.69) is 38.2 Å². The first-order valence-electron chi connectivity index (χ1n) is 7.99. The summed E-state index contributed by atoms with van der Waals surface area (Å²) in [5, 5.41) is 4.37. The molecule has 1 aromatic carbocycles. The Morgan fingerprint density at radius 3 is 2.62 bits per heavy atom. The highest BCUT2D eigenvalue weighted by atomic mass is 35.5. The summed E-state index contributed by atoms with van der Waals surface area (Å²) in [5.74, 6) is 2.10.